The van der Waals surface area contributed by atoms with Gasteiger partial charge in [0.25, 0.3) is 0 Å². The predicted molar refractivity (Wildman–Crippen MR) is 181 cm³/mol. The van der Waals surface area contributed by atoms with Gasteiger partial charge in [0.05, 0.1) is 33.4 Å². The summed E-state index contributed by atoms with van der Waals surface area (Å²) in [5, 5.41) is 4.21. The summed E-state index contributed by atoms with van der Waals surface area (Å²) in [6, 6.07) is 39.6. The van der Waals surface area contributed by atoms with E-state index in [1.165, 1.54) is 0 Å². The Balaban J connectivity index is 1.60. The van der Waals surface area contributed by atoms with Gasteiger partial charge >= 0.3 is 0 Å². The first kappa shape index (κ1) is 29.8. The lowest BCUT2D eigenvalue weighted by Crippen LogP contribution is -2.25. The van der Waals surface area contributed by atoms with Crippen molar-refractivity contribution in [2.75, 3.05) is 13.7 Å². The highest BCUT2D eigenvalue weighted by atomic mass is 32.2. The number of nitrogens with zero attached hydrogens (tertiary/aromatic N) is 5. The van der Waals surface area contributed by atoms with Gasteiger partial charge in [0.2, 0.25) is 0 Å². The summed E-state index contributed by atoms with van der Waals surface area (Å²) >= 11 is 1.56. The van der Waals surface area contributed by atoms with Crippen LogP contribution in [0.4, 0.5) is 5.82 Å². The molecule has 0 aliphatic rings. The molecule has 0 unspecified atom stereocenters. The van der Waals surface area contributed by atoms with Crippen molar-refractivity contribution >= 4 is 51.7 Å². The van der Waals surface area contributed by atoms with Crippen LogP contribution < -0.4 is 20.7 Å². The van der Waals surface area contributed by atoms with Crippen molar-refractivity contribution in [1.29, 1.82) is 0 Å². The molecular formula is C35H34N5O2PS. The SMILES string of the molecule is COc1cccc(Sc2nc3c(N=P(c4ccccc4)(c4ccccc4)c4ccccc4)ncnc3n2CCOC(C)C)c1. The van der Waals surface area contributed by atoms with Gasteiger partial charge in [-0.2, -0.15) is 0 Å². The Kier molecular flexibility index (Phi) is 9.22. The third kappa shape index (κ3) is 6.20. The van der Waals surface area contributed by atoms with E-state index in [0.29, 0.717) is 24.5 Å². The molecule has 0 spiro atoms. The topological polar surface area (TPSA) is 74.4 Å². The second-order valence-electron chi connectivity index (χ2n) is 10.4. The molecule has 2 aromatic heterocycles. The Hall–Kier alpha value is -4.23. The molecule has 6 aromatic rings. The number of aromatic nitrogens is 4. The van der Waals surface area contributed by atoms with Crippen LogP contribution in [0.15, 0.2) is 136 Å². The molecule has 7 nitrogen and oxygen atoms in total. The minimum atomic E-state index is -2.56. The fraction of sp³-hybridized carbons (Fsp3) is 0.171. The largest absolute Gasteiger partial charge is 0.497 e. The Morgan fingerprint density at radius 1 is 0.795 bits per heavy atom. The van der Waals surface area contributed by atoms with Crippen LogP contribution in [0.1, 0.15) is 13.8 Å². The molecule has 6 rings (SSSR count). The van der Waals surface area contributed by atoms with Crippen LogP contribution >= 0.6 is 18.8 Å². The third-order valence-corrected chi connectivity index (χ3v) is 11.7. The Morgan fingerprint density at radius 3 is 1.98 bits per heavy atom. The van der Waals surface area contributed by atoms with Crippen molar-refractivity contribution < 1.29 is 9.47 Å². The smallest absolute Gasteiger partial charge is 0.183 e. The quantitative estimate of drug-likeness (QED) is 0.143. The van der Waals surface area contributed by atoms with E-state index in [1.54, 1.807) is 25.2 Å². The van der Waals surface area contributed by atoms with Crippen molar-refractivity contribution in [3.63, 3.8) is 0 Å². The first-order chi connectivity index (χ1) is 21.6. The van der Waals surface area contributed by atoms with Gasteiger partial charge in [-0.25, -0.2) is 19.7 Å². The molecule has 4 aromatic carbocycles. The Labute approximate surface area is 262 Å². The van der Waals surface area contributed by atoms with Gasteiger partial charge in [-0.05, 0) is 32.0 Å². The number of benzene rings is 4. The van der Waals surface area contributed by atoms with Crippen molar-refractivity contribution in [3.8, 4) is 5.75 Å². The van der Waals surface area contributed by atoms with Crippen molar-refractivity contribution in [2.45, 2.75) is 36.5 Å². The molecule has 222 valence electrons. The van der Waals surface area contributed by atoms with Crippen molar-refractivity contribution in [2.24, 2.45) is 4.74 Å². The van der Waals surface area contributed by atoms with E-state index in [1.807, 2.05) is 50.2 Å². The molecule has 2 heterocycles. The maximum absolute atomic E-state index is 5.95. The maximum Gasteiger partial charge on any atom is 0.183 e. The summed E-state index contributed by atoms with van der Waals surface area (Å²) in [5.74, 6) is 1.36. The van der Waals surface area contributed by atoms with E-state index in [0.717, 1.165) is 37.4 Å². The maximum atomic E-state index is 5.95. The Morgan fingerprint density at radius 2 is 1.41 bits per heavy atom. The van der Waals surface area contributed by atoms with E-state index in [9.17, 15) is 0 Å². The van der Waals surface area contributed by atoms with Gasteiger partial charge in [-0.1, -0.05) is 109 Å². The number of imidazole rings is 1. The van der Waals surface area contributed by atoms with Crippen LogP contribution in [-0.2, 0) is 11.3 Å². The lowest BCUT2D eigenvalue weighted by molar-refractivity contribution is 0.0720. The van der Waals surface area contributed by atoms with Crippen LogP contribution in [0.3, 0.4) is 0 Å². The van der Waals surface area contributed by atoms with Crippen LogP contribution in [-0.4, -0.2) is 39.3 Å². The minimum absolute atomic E-state index is 0.118. The van der Waals surface area contributed by atoms with Crippen molar-refractivity contribution in [1.82, 2.24) is 19.5 Å². The first-order valence-electron chi connectivity index (χ1n) is 14.5. The summed E-state index contributed by atoms with van der Waals surface area (Å²) in [6.07, 6.45) is 1.71. The van der Waals surface area contributed by atoms with Crippen LogP contribution in [0.2, 0.25) is 0 Å². The molecule has 0 aliphatic carbocycles. The van der Waals surface area contributed by atoms with Gasteiger partial charge in [0.15, 0.2) is 22.1 Å². The molecule has 0 N–H and O–H groups in total. The molecule has 44 heavy (non-hydrogen) atoms. The van der Waals surface area contributed by atoms with Gasteiger partial charge in [0.1, 0.15) is 12.1 Å². The lowest BCUT2D eigenvalue weighted by Gasteiger charge is -2.26. The van der Waals surface area contributed by atoms with E-state index >= 15 is 0 Å². The summed E-state index contributed by atoms with van der Waals surface area (Å²) in [6.45, 7) is 5.20. The zero-order valence-corrected chi connectivity index (χ0v) is 26.7. The van der Waals surface area contributed by atoms with E-state index in [2.05, 4.69) is 83.4 Å². The van der Waals surface area contributed by atoms with Crippen LogP contribution in [0, 0.1) is 0 Å². The molecule has 0 radical (unpaired) electrons. The van der Waals surface area contributed by atoms with E-state index in [-0.39, 0.29) is 6.10 Å². The lowest BCUT2D eigenvalue weighted by atomic mass is 10.3. The third-order valence-electron chi connectivity index (χ3n) is 7.13. The zero-order chi connectivity index (χ0) is 30.4. The van der Waals surface area contributed by atoms with Crippen molar-refractivity contribution in [3.05, 3.63) is 122 Å². The van der Waals surface area contributed by atoms with E-state index < -0.39 is 7.05 Å². The zero-order valence-electron chi connectivity index (χ0n) is 24.9. The molecule has 0 fully saturated rings. The summed E-state index contributed by atoms with van der Waals surface area (Å²) in [5.41, 5.74) is 1.39. The Bertz CT molecular complexity index is 1790. The van der Waals surface area contributed by atoms with Gasteiger partial charge < -0.3 is 14.0 Å². The fourth-order valence-electron chi connectivity index (χ4n) is 5.10. The van der Waals surface area contributed by atoms with Crippen LogP contribution in [0.25, 0.3) is 11.2 Å². The van der Waals surface area contributed by atoms with Gasteiger partial charge in [-0.3, -0.25) is 0 Å². The minimum Gasteiger partial charge on any atom is -0.497 e. The highest BCUT2D eigenvalue weighted by Gasteiger charge is 2.29. The average molecular weight is 620 g/mol. The second kappa shape index (κ2) is 13.6. The molecular weight excluding hydrogens is 585 g/mol. The highest BCUT2D eigenvalue weighted by Crippen LogP contribution is 2.49. The first-order valence-corrected chi connectivity index (χ1v) is 17.1. The van der Waals surface area contributed by atoms with E-state index in [4.69, 9.17) is 29.2 Å². The molecule has 9 heteroatoms. The average Bonchev–Trinajstić information content (AvgIpc) is 3.42. The fourth-order valence-corrected chi connectivity index (χ4v) is 9.54. The normalized spacial score (nSPS) is 11.6. The second-order valence-corrected chi connectivity index (χ2v) is 14.4. The molecule has 0 saturated carbocycles. The molecule has 0 atom stereocenters. The molecule has 0 bridgehead atoms. The van der Waals surface area contributed by atoms with Gasteiger partial charge in [-0.15, -0.1) is 0 Å². The number of hydrogen-bond donors (Lipinski definition) is 0. The summed E-state index contributed by atoms with van der Waals surface area (Å²) in [7, 11) is -0.886. The number of fused-ring (bicyclic) bond motifs is 1. The number of ether oxygens (including phenoxy) is 2. The standard InChI is InChI=1S/C35H34N5O2PS/c1-26(2)42-23-22-40-34-32(38-35(40)44-31-21-13-14-27(24-31)41-3)33(36-25-37-34)39-43(28-15-7-4-8-16-28,29-17-9-5-10-18-29)30-19-11-6-12-20-30/h4-21,24-26H,22-23H2,1-3H3. The highest BCUT2D eigenvalue weighted by molar-refractivity contribution is 7.99. The summed E-state index contributed by atoms with van der Waals surface area (Å²) in [4.78, 5) is 15.7. The number of methoxy groups -OCH3 is 1. The molecule has 0 amide bonds. The van der Waals surface area contributed by atoms with Gasteiger partial charge in [0, 0.05) is 20.8 Å². The number of hydrogen-bond acceptors (Lipinski definition) is 7. The number of rotatable bonds is 11. The summed E-state index contributed by atoms with van der Waals surface area (Å²) < 4.78 is 19.2. The molecule has 0 aliphatic heterocycles. The monoisotopic (exact) mass is 619 g/mol. The predicted octanol–water partition coefficient (Wildman–Crippen LogP) is 7.22. The molecule has 0 saturated heterocycles. The van der Waals surface area contributed by atoms with Crippen LogP contribution in [0.5, 0.6) is 5.75 Å².